The molecule has 0 aromatic rings. The van der Waals surface area contributed by atoms with Crippen molar-refractivity contribution in [2.45, 2.75) is 57.7 Å². The molecule has 1 aliphatic heterocycles. The highest BCUT2D eigenvalue weighted by Gasteiger charge is 2.43. The molecule has 0 radical (unpaired) electrons. The molecule has 1 aliphatic rings. The standard InChI is InChI=1S/C13H27NO4Si/c1-13(2,3)19(6,7)18-10-8-11(16-4)14(9-10)12(15)17-5/h10-11H,8-9H2,1-7H3/t10-,11-/m0/s1. The van der Waals surface area contributed by atoms with Crippen LogP contribution < -0.4 is 0 Å². The van der Waals surface area contributed by atoms with Crippen molar-refractivity contribution in [2.24, 2.45) is 0 Å². The molecule has 1 heterocycles. The number of nitrogens with zero attached hydrogens (tertiary/aromatic N) is 1. The van der Waals surface area contributed by atoms with Crippen LogP contribution in [-0.4, -0.2) is 52.4 Å². The Kier molecular flexibility index (Phi) is 5.03. The second-order valence-corrected chi connectivity index (χ2v) is 11.3. The zero-order valence-corrected chi connectivity index (χ0v) is 14.1. The van der Waals surface area contributed by atoms with Gasteiger partial charge >= 0.3 is 6.09 Å². The molecule has 0 aliphatic carbocycles. The molecule has 112 valence electrons. The number of rotatable bonds is 3. The molecule has 5 nitrogen and oxygen atoms in total. The Balaban J connectivity index is 2.71. The number of likely N-dealkylation sites (tertiary alicyclic amines) is 1. The van der Waals surface area contributed by atoms with E-state index in [1.807, 2.05) is 0 Å². The zero-order chi connectivity index (χ0) is 14.8. The second-order valence-electron chi connectivity index (χ2n) is 6.55. The maximum atomic E-state index is 11.7. The van der Waals surface area contributed by atoms with Crippen LogP contribution in [0.25, 0.3) is 0 Å². The maximum absolute atomic E-state index is 11.7. The van der Waals surface area contributed by atoms with Gasteiger partial charge in [0.15, 0.2) is 8.32 Å². The molecule has 0 bridgehead atoms. The van der Waals surface area contributed by atoms with Crippen molar-refractivity contribution in [1.82, 2.24) is 4.90 Å². The summed E-state index contributed by atoms with van der Waals surface area (Å²) in [5.74, 6) is 0. The van der Waals surface area contributed by atoms with Crippen LogP contribution in [0.15, 0.2) is 0 Å². The van der Waals surface area contributed by atoms with Gasteiger partial charge in [-0.2, -0.15) is 0 Å². The van der Waals surface area contributed by atoms with E-state index in [0.29, 0.717) is 13.0 Å². The summed E-state index contributed by atoms with van der Waals surface area (Å²) in [7, 11) is 1.17. The minimum absolute atomic E-state index is 0.0324. The van der Waals surface area contributed by atoms with E-state index in [-0.39, 0.29) is 23.5 Å². The number of carbonyl (C=O) groups is 1. The first-order chi connectivity index (χ1) is 8.62. The minimum Gasteiger partial charge on any atom is -0.453 e. The number of amides is 1. The third-order valence-corrected chi connectivity index (χ3v) is 8.70. The van der Waals surface area contributed by atoms with Gasteiger partial charge in [-0.15, -0.1) is 0 Å². The van der Waals surface area contributed by atoms with Crippen LogP contribution in [-0.2, 0) is 13.9 Å². The fraction of sp³-hybridized carbons (Fsp3) is 0.923. The Labute approximate surface area is 117 Å². The van der Waals surface area contributed by atoms with Crippen molar-refractivity contribution in [3.63, 3.8) is 0 Å². The fourth-order valence-electron chi connectivity index (χ4n) is 1.98. The van der Waals surface area contributed by atoms with E-state index in [0.717, 1.165) is 0 Å². The molecule has 0 spiro atoms. The van der Waals surface area contributed by atoms with Gasteiger partial charge in [0, 0.05) is 13.5 Å². The molecule has 0 unspecified atom stereocenters. The monoisotopic (exact) mass is 289 g/mol. The van der Waals surface area contributed by atoms with Crippen molar-refractivity contribution in [2.75, 3.05) is 20.8 Å². The summed E-state index contributed by atoms with van der Waals surface area (Å²) in [5.41, 5.74) is 0. The SMILES string of the molecule is COC(=O)N1C[C@@H](O[Si](C)(C)C(C)(C)C)C[C@@H]1OC. The lowest BCUT2D eigenvalue weighted by Crippen LogP contribution is -2.44. The van der Waals surface area contributed by atoms with Gasteiger partial charge in [0.25, 0.3) is 0 Å². The van der Waals surface area contributed by atoms with Gasteiger partial charge < -0.3 is 13.9 Å². The van der Waals surface area contributed by atoms with Gasteiger partial charge in [0.2, 0.25) is 0 Å². The predicted octanol–water partition coefficient (Wildman–Crippen LogP) is 2.82. The number of methoxy groups -OCH3 is 2. The van der Waals surface area contributed by atoms with Crippen LogP contribution in [0, 0.1) is 0 Å². The Morgan fingerprint density at radius 2 is 1.84 bits per heavy atom. The van der Waals surface area contributed by atoms with Gasteiger partial charge in [0.05, 0.1) is 19.8 Å². The van der Waals surface area contributed by atoms with Crippen LogP contribution in [0.1, 0.15) is 27.2 Å². The van der Waals surface area contributed by atoms with Gasteiger partial charge in [-0.1, -0.05) is 20.8 Å². The van der Waals surface area contributed by atoms with Crippen molar-refractivity contribution >= 4 is 14.4 Å². The molecular formula is C13H27NO4Si. The van der Waals surface area contributed by atoms with Crippen LogP contribution in [0.2, 0.25) is 18.1 Å². The summed E-state index contributed by atoms with van der Waals surface area (Å²) in [6, 6.07) is 0. The topological polar surface area (TPSA) is 48.0 Å². The van der Waals surface area contributed by atoms with E-state index < -0.39 is 8.32 Å². The average Bonchev–Trinajstić information content (AvgIpc) is 2.68. The summed E-state index contributed by atoms with van der Waals surface area (Å²) in [6.07, 6.45) is 0.137. The predicted molar refractivity (Wildman–Crippen MR) is 76.6 cm³/mol. The molecule has 0 N–H and O–H groups in total. The smallest absolute Gasteiger partial charge is 0.411 e. The van der Waals surface area contributed by atoms with Crippen LogP contribution >= 0.6 is 0 Å². The average molecular weight is 289 g/mol. The Morgan fingerprint density at radius 1 is 1.26 bits per heavy atom. The first kappa shape index (κ1) is 16.5. The van der Waals surface area contributed by atoms with Gasteiger partial charge in [-0.3, -0.25) is 4.90 Å². The Hall–Kier alpha value is -0.593. The summed E-state index contributed by atoms with van der Waals surface area (Å²) in [5, 5.41) is 0.161. The molecule has 0 aromatic heterocycles. The molecule has 0 aromatic carbocycles. The summed E-state index contributed by atoms with van der Waals surface area (Å²) < 4.78 is 16.4. The van der Waals surface area contributed by atoms with Crippen LogP contribution in [0.5, 0.6) is 0 Å². The Bertz CT molecular complexity index is 327. The molecule has 2 atom stereocenters. The van der Waals surface area contributed by atoms with E-state index in [1.54, 1.807) is 12.0 Å². The van der Waals surface area contributed by atoms with E-state index in [2.05, 4.69) is 33.9 Å². The molecule has 1 saturated heterocycles. The quantitative estimate of drug-likeness (QED) is 0.750. The van der Waals surface area contributed by atoms with Crippen molar-refractivity contribution in [3.8, 4) is 0 Å². The molecule has 0 saturated carbocycles. The molecule has 1 amide bonds. The van der Waals surface area contributed by atoms with E-state index >= 15 is 0 Å². The lowest BCUT2D eigenvalue weighted by Gasteiger charge is -2.38. The van der Waals surface area contributed by atoms with Gasteiger partial charge in [-0.25, -0.2) is 4.79 Å². The molecular weight excluding hydrogens is 262 g/mol. The number of hydrogen-bond donors (Lipinski definition) is 0. The third kappa shape index (κ3) is 3.70. The highest BCUT2D eigenvalue weighted by atomic mass is 28.4. The largest absolute Gasteiger partial charge is 0.453 e. The minimum atomic E-state index is -1.82. The Morgan fingerprint density at radius 3 is 2.26 bits per heavy atom. The molecule has 19 heavy (non-hydrogen) atoms. The zero-order valence-electron chi connectivity index (χ0n) is 13.1. The van der Waals surface area contributed by atoms with Crippen molar-refractivity contribution < 1.29 is 18.7 Å². The fourth-order valence-corrected chi connectivity index (χ4v) is 3.33. The van der Waals surface area contributed by atoms with E-state index in [4.69, 9.17) is 13.9 Å². The summed E-state index contributed by atoms with van der Waals surface area (Å²) in [4.78, 5) is 13.3. The van der Waals surface area contributed by atoms with Gasteiger partial charge in [-0.05, 0) is 18.1 Å². The van der Waals surface area contributed by atoms with Gasteiger partial charge in [0.1, 0.15) is 6.23 Å². The van der Waals surface area contributed by atoms with Crippen LogP contribution in [0.3, 0.4) is 0 Å². The normalized spacial score (nSPS) is 24.7. The molecule has 6 heteroatoms. The van der Waals surface area contributed by atoms with Crippen molar-refractivity contribution in [3.05, 3.63) is 0 Å². The highest BCUT2D eigenvalue weighted by Crippen LogP contribution is 2.38. The molecule has 1 rings (SSSR count). The summed E-state index contributed by atoms with van der Waals surface area (Å²) in [6.45, 7) is 11.6. The first-order valence-electron chi connectivity index (χ1n) is 6.67. The number of hydrogen-bond acceptors (Lipinski definition) is 4. The van der Waals surface area contributed by atoms with Crippen LogP contribution in [0.4, 0.5) is 4.79 Å². The third-order valence-electron chi connectivity index (χ3n) is 4.16. The highest BCUT2D eigenvalue weighted by molar-refractivity contribution is 6.74. The number of carbonyl (C=O) groups excluding carboxylic acids is 1. The van der Waals surface area contributed by atoms with E-state index in [9.17, 15) is 4.79 Å². The first-order valence-corrected chi connectivity index (χ1v) is 9.58. The van der Waals surface area contributed by atoms with Crippen molar-refractivity contribution in [1.29, 1.82) is 0 Å². The lowest BCUT2D eigenvalue weighted by molar-refractivity contribution is -0.00113. The summed E-state index contributed by atoms with van der Waals surface area (Å²) >= 11 is 0. The molecule has 1 fully saturated rings. The van der Waals surface area contributed by atoms with E-state index in [1.165, 1.54) is 7.11 Å². The lowest BCUT2D eigenvalue weighted by atomic mass is 10.2. The number of ether oxygens (including phenoxy) is 2. The maximum Gasteiger partial charge on any atom is 0.411 e. The second kappa shape index (κ2) is 5.81.